The fraction of sp³-hybridized carbons (Fsp3) is 0.741. The van der Waals surface area contributed by atoms with E-state index in [0.29, 0.717) is 12.5 Å². The molecule has 0 aliphatic carbocycles. The molecule has 0 saturated carbocycles. The Morgan fingerprint density at radius 1 is 1.09 bits per heavy atom. The van der Waals surface area contributed by atoms with Gasteiger partial charge in [-0.3, -0.25) is 9.69 Å². The number of rotatable bonds is 10. The van der Waals surface area contributed by atoms with E-state index < -0.39 is 0 Å². The molecule has 2 unspecified atom stereocenters. The van der Waals surface area contributed by atoms with Crippen LogP contribution in [-0.2, 0) is 11.3 Å². The third-order valence-corrected chi connectivity index (χ3v) is 8.08. The highest BCUT2D eigenvalue weighted by Gasteiger charge is 2.36. The van der Waals surface area contributed by atoms with Crippen LogP contribution in [0.15, 0.2) is 30.3 Å². The third-order valence-electron chi connectivity index (χ3n) is 8.08. The van der Waals surface area contributed by atoms with Crippen molar-refractivity contribution in [2.75, 3.05) is 45.8 Å². The molecule has 0 aromatic heterocycles. The number of piperidine rings is 3. The molecule has 0 radical (unpaired) electrons. The van der Waals surface area contributed by atoms with Gasteiger partial charge in [-0.05, 0) is 88.0 Å². The molecule has 5 nitrogen and oxygen atoms in total. The summed E-state index contributed by atoms with van der Waals surface area (Å²) < 4.78 is 0. The lowest BCUT2D eigenvalue weighted by Gasteiger charge is -2.46. The second kappa shape index (κ2) is 12.2. The van der Waals surface area contributed by atoms with Gasteiger partial charge in [0.2, 0.25) is 5.91 Å². The summed E-state index contributed by atoms with van der Waals surface area (Å²) in [6.45, 7) is 11.3. The number of hydrogen-bond donors (Lipinski definition) is 2. The van der Waals surface area contributed by atoms with Gasteiger partial charge in [0.05, 0.1) is 0 Å². The molecule has 178 valence electrons. The van der Waals surface area contributed by atoms with Gasteiger partial charge in [-0.1, -0.05) is 37.3 Å². The average molecular weight is 441 g/mol. The molecule has 3 aliphatic rings. The predicted octanol–water partition coefficient (Wildman–Crippen LogP) is 3.51. The highest BCUT2D eigenvalue weighted by Crippen LogP contribution is 2.31. The van der Waals surface area contributed by atoms with E-state index >= 15 is 0 Å². The van der Waals surface area contributed by atoms with E-state index in [-0.39, 0.29) is 5.91 Å². The standard InChI is InChI=1S/C27H44N4O/c1-2-30-15-12-22(13-16-30)11-14-28-27(32)10-6-9-26-25-17-24(18-29-26)20-31(21-25)19-23-7-4-3-5-8-23/h3-5,7-8,22,24-26,29H,2,6,9-21H2,1H3,(H,28,32)/t24?,25?,26-/m1/s1. The number of nitrogens with zero attached hydrogens (tertiary/aromatic N) is 2. The Hall–Kier alpha value is -1.43. The molecule has 32 heavy (non-hydrogen) atoms. The fourth-order valence-electron chi connectivity index (χ4n) is 6.16. The maximum atomic E-state index is 12.3. The van der Waals surface area contributed by atoms with Gasteiger partial charge in [0, 0.05) is 38.6 Å². The molecule has 1 aromatic carbocycles. The van der Waals surface area contributed by atoms with Crippen LogP contribution < -0.4 is 10.6 Å². The molecular formula is C27H44N4O. The zero-order valence-electron chi connectivity index (χ0n) is 20.1. The van der Waals surface area contributed by atoms with Crippen molar-refractivity contribution in [3.63, 3.8) is 0 Å². The van der Waals surface area contributed by atoms with Crippen LogP contribution in [0.4, 0.5) is 0 Å². The predicted molar refractivity (Wildman–Crippen MR) is 131 cm³/mol. The molecule has 4 rings (SSSR count). The Bertz CT molecular complexity index is 688. The maximum absolute atomic E-state index is 12.3. The van der Waals surface area contributed by atoms with Crippen molar-refractivity contribution in [3.8, 4) is 0 Å². The molecule has 3 heterocycles. The van der Waals surface area contributed by atoms with Crippen LogP contribution in [0, 0.1) is 17.8 Å². The van der Waals surface area contributed by atoms with Crippen LogP contribution in [-0.4, -0.2) is 67.6 Å². The molecule has 5 heteroatoms. The molecule has 2 N–H and O–H groups in total. The Morgan fingerprint density at radius 2 is 1.91 bits per heavy atom. The Kier molecular flexibility index (Phi) is 9.01. The summed E-state index contributed by atoms with van der Waals surface area (Å²) in [4.78, 5) is 17.5. The van der Waals surface area contributed by atoms with E-state index in [1.807, 2.05) is 0 Å². The minimum absolute atomic E-state index is 0.249. The summed E-state index contributed by atoms with van der Waals surface area (Å²) in [6.07, 6.45) is 7.88. The first-order valence-corrected chi connectivity index (χ1v) is 13.2. The van der Waals surface area contributed by atoms with Gasteiger partial charge in [-0.25, -0.2) is 0 Å². The van der Waals surface area contributed by atoms with E-state index in [4.69, 9.17) is 0 Å². The quantitative estimate of drug-likeness (QED) is 0.585. The highest BCUT2D eigenvalue weighted by molar-refractivity contribution is 5.75. The van der Waals surface area contributed by atoms with E-state index in [9.17, 15) is 4.79 Å². The second-order valence-corrected chi connectivity index (χ2v) is 10.5. The summed E-state index contributed by atoms with van der Waals surface area (Å²) in [7, 11) is 0. The number of fused-ring (bicyclic) bond motifs is 2. The first-order chi connectivity index (χ1) is 15.7. The Morgan fingerprint density at radius 3 is 2.69 bits per heavy atom. The number of likely N-dealkylation sites (tertiary alicyclic amines) is 2. The van der Waals surface area contributed by atoms with E-state index in [1.165, 1.54) is 57.5 Å². The molecule has 2 bridgehead atoms. The van der Waals surface area contributed by atoms with Crippen LogP contribution in [0.3, 0.4) is 0 Å². The molecule has 0 spiro atoms. The van der Waals surface area contributed by atoms with Gasteiger partial charge in [0.15, 0.2) is 0 Å². The van der Waals surface area contributed by atoms with Gasteiger partial charge in [0.25, 0.3) is 0 Å². The minimum atomic E-state index is 0.249. The third kappa shape index (κ3) is 7.03. The van der Waals surface area contributed by atoms with Crippen LogP contribution in [0.1, 0.15) is 57.4 Å². The van der Waals surface area contributed by atoms with Crippen molar-refractivity contribution >= 4 is 5.91 Å². The fourth-order valence-corrected chi connectivity index (χ4v) is 6.16. The first-order valence-electron chi connectivity index (χ1n) is 13.2. The number of carbonyl (C=O) groups is 1. The van der Waals surface area contributed by atoms with Crippen molar-refractivity contribution in [2.45, 2.75) is 64.5 Å². The monoisotopic (exact) mass is 440 g/mol. The molecular weight excluding hydrogens is 396 g/mol. The van der Waals surface area contributed by atoms with Crippen molar-refractivity contribution < 1.29 is 4.79 Å². The van der Waals surface area contributed by atoms with Gasteiger partial charge < -0.3 is 15.5 Å². The first kappa shape index (κ1) is 23.7. The number of carbonyl (C=O) groups excluding carboxylic acids is 1. The van der Waals surface area contributed by atoms with Crippen LogP contribution in [0.25, 0.3) is 0 Å². The van der Waals surface area contributed by atoms with Gasteiger partial charge >= 0.3 is 0 Å². The number of nitrogens with one attached hydrogen (secondary N) is 2. The molecule has 3 aliphatic heterocycles. The van der Waals surface area contributed by atoms with Gasteiger partial charge in [0.1, 0.15) is 0 Å². The largest absolute Gasteiger partial charge is 0.356 e. The van der Waals surface area contributed by atoms with Crippen LogP contribution in [0.2, 0.25) is 0 Å². The highest BCUT2D eigenvalue weighted by atomic mass is 16.1. The summed E-state index contributed by atoms with van der Waals surface area (Å²) in [5.41, 5.74) is 1.42. The summed E-state index contributed by atoms with van der Waals surface area (Å²) in [6, 6.07) is 11.4. The van der Waals surface area contributed by atoms with E-state index in [2.05, 4.69) is 57.7 Å². The van der Waals surface area contributed by atoms with Gasteiger partial charge in [-0.2, -0.15) is 0 Å². The Labute approximate surface area is 195 Å². The summed E-state index contributed by atoms with van der Waals surface area (Å²) in [5.74, 6) is 2.55. The van der Waals surface area contributed by atoms with Crippen molar-refractivity contribution in [1.29, 1.82) is 0 Å². The average Bonchev–Trinajstić information content (AvgIpc) is 2.82. The second-order valence-electron chi connectivity index (χ2n) is 10.5. The van der Waals surface area contributed by atoms with E-state index in [1.54, 1.807) is 0 Å². The lowest BCUT2D eigenvalue weighted by Crippen LogP contribution is -2.55. The number of amides is 1. The zero-order valence-corrected chi connectivity index (χ0v) is 20.1. The number of benzene rings is 1. The Balaban J connectivity index is 1.11. The maximum Gasteiger partial charge on any atom is 0.219 e. The molecule has 3 atom stereocenters. The number of hydrogen-bond acceptors (Lipinski definition) is 4. The SMILES string of the molecule is CCN1CCC(CCNC(=O)CCC[C@H]2NCC3CC2CN(Cc2ccccc2)C3)CC1. The topological polar surface area (TPSA) is 47.6 Å². The van der Waals surface area contributed by atoms with Crippen molar-refractivity contribution in [1.82, 2.24) is 20.4 Å². The lowest BCUT2D eigenvalue weighted by molar-refractivity contribution is -0.121. The van der Waals surface area contributed by atoms with Crippen LogP contribution in [0.5, 0.6) is 0 Å². The van der Waals surface area contributed by atoms with E-state index in [0.717, 1.165) is 56.7 Å². The normalized spacial score (nSPS) is 27.3. The van der Waals surface area contributed by atoms with Gasteiger partial charge in [-0.15, -0.1) is 0 Å². The molecule has 3 fully saturated rings. The summed E-state index contributed by atoms with van der Waals surface area (Å²) >= 11 is 0. The summed E-state index contributed by atoms with van der Waals surface area (Å²) in [5, 5.41) is 7.00. The molecule has 1 aromatic rings. The minimum Gasteiger partial charge on any atom is -0.356 e. The smallest absolute Gasteiger partial charge is 0.219 e. The molecule has 1 amide bonds. The van der Waals surface area contributed by atoms with Crippen LogP contribution >= 0.6 is 0 Å². The zero-order chi connectivity index (χ0) is 22.2. The van der Waals surface area contributed by atoms with Crippen molar-refractivity contribution in [2.24, 2.45) is 17.8 Å². The van der Waals surface area contributed by atoms with Crippen molar-refractivity contribution in [3.05, 3.63) is 35.9 Å². The lowest BCUT2D eigenvalue weighted by atomic mass is 9.79. The molecule has 3 saturated heterocycles.